The van der Waals surface area contributed by atoms with E-state index in [4.69, 9.17) is 0 Å². The summed E-state index contributed by atoms with van der Waals surface area (Å²) in [5, 5.41) is 21.5. The van der Waals surface area contributed by atoms with Crippen molar-refractivity contribution >= 4 is 128 Å². The van der Waals surface area contributed by atoms with E-state index in [1.54, 1.807) is 0 Å². The molecule has 0 unspecified atom stereocenters. The van der Waals surface area contributed by atoms with Gasteiger partial charge in [-0.3, -0.25) is 0 Å². The first kappa shape index (κ1) is 23.4. The van der Waals surface area contributed by atoms with E-state index in [0.717, 1.165) is 0 Å². The summed E-state index contributed by atoms with van der Waals surface area (Å²) < 4.78 is 5.38. The van der Waals surface area contributed by atoms with Crippen molar-refractivity contribution in [1.29, 1.82) is 0 Å². The van der Waals surface area contributed by atoms with Crippen molar-refractivity contribution in [1.82, 2.24) is 0 Å². The molecular formula is C42H22S2. The van der Waals surface area contributed by atoms with Crippen molar-refractivity contribution in [3.05, 3.63) is 133 Å². The fourth-order valence-corrected chi connectivity index (χ4v) is 10.2. The van der Waals surface area contributed by atoms with Crippen LogP contribution in [0.5, 0.6) is 0 Å². The summed E-state index contributed by atoms with van der Waals surface area (Å²) in [6.45, 7) is 0. The first-order valence-electron chi connectivity index (χ1n) is 15.1. The molecule has 0 amide bonds. The Morgan fingerprint density at radius 2 is 0.636 bits per heavy atom. The van der Waals surface area contributed by atoms with E-state index in [-0.39, 0.29) is 0 Å². The Bertz CT molecular complexity index is 2840. The lowest BCUT2D eigenvalue weighted by Gasteiger charge is -2.19. The van der Waals surface area contributed by atoms with Gasteiger partial charge in [-0.25, -0.2) is 0 Å². The molecule has 0 aliphatic carbocycles. The lowest BCUT2D eigenvalue weighted by atomic mass is 9.89. The highest BCUT2D eigenvalue weighted by molar-refractivity contribution is 7.26. The summed E-state index contributed by atoms with van der Waals surface area (Å²) in [5.74, 6) is 0. The standard InChI is InChI=1S/C42H22S2/c1-3-9-25-21-31-27(19-23(25)7-1)15-17-35-39(31)41-29-11-5-14-34-38(29)42(30-12-6-13-33(43-35)37(30)41)40-32-22-26-10-4-2-8-24(26)20-28(32)16-18-36(40)44-34/h1-22H. The Morgan fingerprint density at radius 1 is 0.250 bits per heavy atom. The summed E-state index contributed by atoms with van der Waals surface area (Å²) in [6.07, 6.45) is 0. The Balaban J connectivity index is 1.46. The minimum absolute atomic E-state index is 1.29. The van der Waals surface area contributed by atoms with Gasteiger partial charge in [-0.2, -0.15) is 0 Å². The van der Waals surface area contributed by atoms with Crippen molar-refractivity contribution in [3.8, 4) is 0 Å². The molecule has 0 saturated carbocycles. The molecule has 0 N–H and O–H groups in total. The van der Waals surface area contributed by atoms with Crippen molar-refractivity contribution in [2.75, 3.05) is 0 Å². The number of rotatable bonds is 0. The van der Waals surface area contributed by atoms with E-state index in [2.05, 4.69) is 133 Å². The van der Waals surface area contributed by atoms with Gasteiger partial charge in [0.05, 0.1) is 0 Å². The summed E-state index contributed by atoms with van der Waals surface area (Å²) in [7, 11) is 0. The van der Waals surface area contributed by atoms with Crippen molar-refractivity contribution in [2.24, 2.45) is 0 Å². The second kappa shape index (κ2) is 8.33. The minimum atomic E-state index is 1.29. The Labute approximate surface area is 260 Å². The highest BCUT2D eigenvalue weighted by Crippen LogP contribution is 2.51. The van der Waals surface area contributed by atoms with Crippen LogP contribution in [0, 0.1) is 0 Å². The van der Waals surface area contributed by atoms with Crippen LogP contribution in [-0.2, 0) is 0 Å². The van der Waals surface area contributed by atoms with Gasteiger partial charge in [0.2, 0.25) is 0 Å². The molecule has 0 aliphatic heterocycles. The first-order chi connectivity index (χ1) is 21.8. The Hall–Kier alpha value is -5.02. The molecule has 202 valence electrons. The number of benzene rings is 9. The molecule has 0 aliphatic rings. The average Bonchev–Trinajstić information content (AvgIpc) is 3.07. The van der Waals surface area contributed by atoms with Gasteiger partial charge < -0.3 is 0 Å². The van der Waals surface area contributed by atoms with Gasteiger partial charge in [0.1, 0.15) is 0 Å². The fraction of sp³-hybridized carbons (Fsp3) is 0. The molecular weight excluding hydrogens is 569 g/mol. The van der Waals surface area contributed by atoms with E-state index in [1.165, 1.54) is 105 Å². The molecule has 0 fully saturated rings. The maximum atomic E-state index is 2.42. The summed E-state index contributed by atoms with van der Waals surface area (Å²) >= 11 is 3.85. The lowest BCUT2D eigenvalue weighted by Crippen LogP contribution is -1.90. The maximum absolute atomic E-state index is 2.42. The van der Waals surface area contributed by atoms with Crippen LogP contribution < -0.4 is 0 Å². The van der Waals surface area contributed by atoms with Crippen LogP contribution in [0.15, 0.2) is 133 Å². The van der Waals surface area contributed by atoms with Crippen LogP contribution in [0.4, 0.5) is 0 Å². The predicted molar refractivity (Wildman–Crippen MR) is 197 cm³/mol. The molecule has 11 aromatic rings. The van der Waals surface area contributed by atoms with Gasteiger partial charge in [0.15, 0.2) is 0 Å². The van der Waals surface area contributed by atoms with E-state index in [1.807, 2.05) is 22.7 Å². The van der Waals surface area contributed by atoms with Gasteiger partial charge >= 0.3 is 0 Å². The largest absolute Gasteiger partial charge is 0.135 e. The van der Waals surface area contributed by atoms with Crippen LogP contribution in [0.25, 0.3) is 105 Å². The third kappa shape index (κ3) is 2.97. The third-order valence-electron chi connectivity index (χ3n) is 9.73. The van der Waals surface area contributed by atoms with Gasteiger partial charge in [-0.1, -0.05) is 84.9 Å². The molecule has 0 radical (unpaired) electrons. The lowest BCUT2D eigenvalue weighted by molar-refractivity contribution is 1.80. The average molecular weight is 591 g/mol. The van der Waals surface area contributed by atoms with E-state index >= 15 is 0 Å². The number of hydrogen-bond acceptors (Lipinski definition) is 2. The number of fused-ring (bicyclic) bond motifs is 12. The fourth-order valence-electron chi connectivity index (χ4n) is 7.86. The molecule has 2 aromatic heterocycles. The van der Waals surface area contributed by atoms with Crippen molar-refractivity contribution in [3.63, 3.8) is 0 Å². The summed E-state index contributed by atoms with van der Waals surface area (Å²) in [5.41, 5.74) is 0. The van der Waals surface area contributed by atoms with Crippen LogP contribution in [-0.4, -0.2) is 0 Å². The van der Waals surface area contributed by atoms with Crippen molar-refractivity contribution < 1.29 is 0 Å². The second-order valence-corrected chi connectivity index (χ2v) is 14.2. The van der Waals surface area contributed by atoms with E-state index in [9.17, 15) is 0 Å². The SMILES string of the molecule is c1ccc2cc3c(ccc4sc5cccc6c5c(c5cccc7sc8ccc9cc%10ccccc%10cc9c8c6c75)c43)cc2c1. The molecule has 0 spiro atoms. The predicted octanol–water partition coefficient (Wildman–Crippen LogP) is 13.3. The second-order valence-electron chi connectivity index (χ2n) is 12.0. The van der Waals surface area contributed by atoms with Gasteiger partial charge in [0, 0.05) is 51.1 Å². The molecule has 0 bridgehead atoms. The van der Waals surface area contributed by atoms with Crippen LogP contribution in [0.3, 0.4) is 0 Å². The molecule has 2 heterocycles. The molecule has 0 atom stereocenters. The van der Waals surface area contributed by atoms with Gasteiger partial charge in [-0.15, -0.1) is 22.7 Å². The Morgan fingerprint density at radius 3 is 1.09 bits per heavy atom. The van der Waals surface area contributed by atoms with E-state index < -0.39 is 0 Å². The maximum Gasteiger partial charge on any atom is 0.0361 e. The molecule has 11 rings (SSSR count). The molecule has 2 heteroatoms. The monoisotopic (exact) mass is 590 g/mol. The molecule has 0 nitrogen and oxygen atoms in total. The Kier molecular flexibility index (Phi) is 4.44. The summed E-state index contributed by atoms with van der Waals surface area (Å²) in [4.78, 5) is 0. The zero-order valence-electron chi connectivity index (χ0n) is 23.5. The van der Waals surface area contributed by atoms with Crippen LogP contribution >= 0.6 is 22.7 Å². The number of hydrogen-bond donors (Lipinski definition) is 0. The highest BCUT2D eigenvalue weighted by Gasteiger charge is 2.20. The van der Waals surface area contributed by atoms with Crippen LogP contribution in [0.1, 0.15) is 0 Å². The van der Waals surface area contributed by atoms with E-state index in [0.29, 0.717) is 0 Å². The quantitative estimate of drug-likeness (QED) is 0.122. The molecule has 9 aromatic carbocycles. The zero-order chi connectivity index (χ0) is 28.5. The normalized spacial score (nSPS) is 12.5. The topological polar surface area (TPSA) is 0 Å². The highest BCUT2D eigenvalue weighted by atomic mass is 32.1. The first-order valence-corrected chi connectivity index (χ1v) is 16.7. The smallest absolute Gasteiger partial charge is 0.0361 e. The molecule has 44 heavy (non-hydrogen) atoms. The minimum Gasteiger partial charge on any atom is -0.135 e. The third-order valence-corrected chi connectivity index (χ3v) is 12.0. The van der Waals surface area contributed by atoms with Crippen molar-refractivity contribution in [2.45, 2.75) is 0 Å². The summed E-state index contributed by atoms with van der Waals surface area (Å²) in [6, 6.07) is 50.3. The molecule has 0 saturated heterocycles. The van der Waals surface area contributed by atoms with Gasteiger partial charge in [0.25, 0.3) is 0 Å². The van der Waals surface area contributed by atoms with Gasteiger partial charge in [-0.05, 0) is 102 Å². The van der Waals surface area contributed by atoms with Crippen LogP contribution in [0.2, 0.25) is 0 Å². The zero-order valence-corrected chi connectivity index (χ0v) is 25.2.